The average molecular weight is 328 g/mol. The smallest absolute Gasteiger partial charge is 0.413 e. The first-order chi connectivity index (χ1) is 11.6. The summed E-state index contributed by atoms with van der Waals surface area (Å²) in [6, 6.07) is 7.96. The Bertz CT molecular complexity index is 923. The molecule has 0 saturated carbocycles. The molecule has 0 aliphatic carbocycles. The van der Waals surface area contributed by atoms with Gasteiger partial charge in [-0.05, 0) is 12.1 Å². The number of carbonyl (C=O) groups excluding carboxylic acids is 1. The van der Waals surface area contributed by atoms with Crippen molar-refractivity contribution in [1.82, 2.24) is 15.0 Å². The zero-order valence-electron chi connectivity index (χ0n) is 12.4. The second kappa shape index (κ2) is 6.20. The van der Waals surface area contributed by atoms with Gasteiger partial charge in [0.05, 0.1) is 29.4 Å². The van der Waals surface area contributed by atoms with Crippen LogP contribution in [0.4, 0.5) is 27.8 Å². The van der Waals surface area contributed by atoms with Gasteiger partial charge >= 0.3 is 6.09 Å². The number of nitro benzene ring substituents is 1. The van der Waals surface area contributed by atoms with Gasteiger partial charge in [-0.25, -0.2) is 9.78 Å². The molecule has 0 fully saturated rings. The maximum atomic E-state index is 11.2. The highest BCUT2D eigenvalue weighted by molar-refractivity contribution is 5.86. The van der Waals surface area contributed by atoms with Gasteiger partial charge in [-0.2, -0.15) is 4.98 Å². The van der Waals surface area contributed by atoms with Gasteiger partial charge in [-0.1, -0.05) is 12.1 Å². The van der Waals surface area contributed by atoms with Crippen LogP contribution in [0.5, 0.6) is 0 Å². The van der Waals surface area contributed by atoms with Crippen molar-refractivity contribution in [3.05, 3.63) is 46.6 Å². The fourth-order valence-electron chi connectivity index (χ4n) is 2.07. The van der Waals surface area contributed by atoms with Gasteiger partial charge in [0, 0.05) is 6.07 Å². The highest BCUT2D eigenvalue weighted by Gasteiger charge is 2.13. The molecule has 0 unspecified atom stereocenters. The number of imidazole rings is 1. The molecule has 1 aromatic carbocycles. The van der Waals surface area contributed by atoms with Crippen LogP contribution in [0.3, 0.4) is 0 Å². The van der Waals surface area contributed by atoms with E-state index in [1.54, 1.807) is 24.3 Å². The number of nitro groups is 1. The van der Waals surface area contributed by atoms with E-state index < -0.39 is 11.0 Å². The highest BCUT2D eigenvalue weighted by Crippen LogP contribution is 2.27. The van der Waals surface area contributed by atoms with Crippen molar-refractivity contribution in [1.29, 1.82) is 0 Å². The van der Waals surface area contributed by atoms with Crippen LogP contribution in [0.1, 0.15) is 0 Å². The molecular formula is C14H12N6O4. The van der Waals surface area contributed by atoms with Crippen LogP contribution >= 0.6 is 0 Å². The normalized spacial score (nSPS) is 10.4. The number of pyridine rings is 1. The number of fused-ring (bicyclic) bond motifs is 1. The summed E-state index contributed by atoms with van der Waals surface area (Å²) in [5.41, 5.74) is 1.76. The molecule has 2 heterocycles. The molecule has 0 aliphatic heterocycles. The van der Waals surface area contributed by atoms with Crippen LogP contribution < -0.4 is 10.6 Å². The number of nitrogens with one attached hydrogen (secondary N) is 3. The maximum absolute atomic E-state index is 11.2. The lowest BCUT2D eigenvalue weighted by molar-refractivity contribution is -0.383. The number of hydrogen-bond acceptors (Lipinski definition) is 7. The molecule has 3 rings (SSSR count). The monoisotopic (exact) mass is 328 g/mol. The fourth-order valence-corrected chi connectivity index (χ4v) is 2.07. The summed E-state index contributed by atoms with van der Waals surface area (Å²) in [5.74, 6) is 0.187. The molecular weight excluding hydrogens is 316 g/mol. The minimum atomic E-state index is -0.660. The van der Waals surface area contributed by atoms with E-state index in [4.69, 9.17) is 0 Å². The minimum absolute atomic E-state index is 0.0461. The van der Waals surface area contributed by atoms with Gasteiger partial charge in [-0.15, -0.1) is 0 Å². The molecule has 24 heavy (non-hydrogen) atoms. The van der Waals surface area contributed by atoms with E-state index in [9.17, 15) is 14.9 Å². The molecule has 0 radical (unpaired) electrons. The van der Waals surface area contributed by atoms with Gasteiger partial charge in [0.1, 0.15) is 5.69 Å². The Balaban J connectivity index is 1.88. The molecule has 0 bridgehead atoms. The van der Waals surface area contributed by atoms with Crippen LogP contribution in [0.25, 0.3) is 11.2 Å². The number of rotatable bonds is 4. The largest absolute Gasteiger partial charge is 0.453 e. The molecule has 0 atom stereocenters. The van der Waals surface area contributed by atoms with Gasteiger partial charge in [0.15, 0.2) is 5.65 Å². The molecule has 3 aromatic rings. The maximum Gasteiger partial charge on any atom is 0.413 e. The Labute approximate surface area is 135 Å². The Morgan fingerprint density at radius 2 is 2.17 bits per heavy atom. The van der Waals surface area contributed by atoms with E-state index in [-0.39, 0.29) is 11.6 Å². The van der Waals surface area contributed by atoms with Crippen LogP contribution in [-0.4, -0.2) is 33.1 Å². The summed E-state index contributed by atoms with van der Waals surface area (Å²) < 4.78 is 4.48. The third kappa shape index (κ3) is 3.06. The Morgan fingerprint density at radius 1 is 1.38 bits per heavy atom. The van der Waals surface area contributed by atoms with Crippen molar-refractivity contribution in [2.45, 2.75) is 0 Å². The molecule has 1 amide bonds. The number of H-pyrrole nitrogens is 1. The lowest BCUT2D eigenvalue weighted by atomic mass is 10.2. The van der Waals surface area contributed by atoms with Crippen LogP contribution in [0.15, 0.2) is 36.5 Å². The van der Waals surface area contributed by atoms with Crippen molar-refractivity contribution in [3.63, 3.8) is 0 Å². The summed E-state index contributed by atoms with van der Waals surface area (Å²) in [5, 5.41) is 16.4. The number of para-hydroxylation sites is 2. The molecule has 0 aliphatic rings. The summed E-state index contributed by atoms with van der Waals surface area (Å²) in [4.78, 5) is 32.8. The number of nitrogens with zero attached hydrogens (tertiary/aromatic N) is 3. The summed E-state index contributed by atoms with van der Waals surface area (Å²) in [6.07, 6.45) is 0.828. The van der Waals surface area contributed by atoms with Crippen LogP contribution in [-0.2, 0) is 4.74 Å². The number of benzene rings is 1. The Hall–Kier alpha value is -3.69. The second-order valence-electron chi connectivity index (χ2n) is 4.70. The first kappa shape index (κ1) is 15.2. The van der Waals surface area contributed by atoms with Gasteiger partial charge < -0.3 is 15.0 Å². The van der Waals surface area contributed by atoms with Gasteiger partial charge in [0.25, 0.3) is 5.69 Å². The van der Waals surface area contributed by atoms with Crippen molar-refractivity contribution in [2.24, 2.45) is 0 Å². The van der Waals surface area contributed by atoms with E-state index in [0.29, 0.717) is 22.5 Å². The van der Waals surface area contributed by atoms with E-state index in [2.05, 4.69) is 30.3 Å². The minimum Gasteiger partial charge on any atom is -0.453 e. The summed E-state index contributed by atoms with van der Waals surface area (Å²) >= 11 is 0. The van der Waals surface area contributed by atoms with Crippen LogP contribution in [0.2, 0.25) is 0 Å². The van der Waals surface area contributed by atoms with Gasteiger partial charge in [0.2, 0.25) is 5.95 Å². The number of aromatic nitrogens is 3. The van der Waals surface area contributed by atoms with Crippen molar-refractivity contribution in [2.75, 3.05) is 17.7 Å². The first-order valence-electron chi connectivity index (χ1n) is 6.78. The zero-order chi connectivity index (χ0) is 17.1. The number of carbonyl (C=O) groups is 1. The number of anilines is 3. The van der Waals surface area contributed by atoms with Gasteiger partial charge in [-0.3, -0.25) is 15.4 Å². The quantitative estimate of drug-likeness (QED) is 0.495. The van der Waals surface area contributed by atoms with E-state index in [1.165, 1.54) is 19.4 Å². The van der Waals surface area contributed by atoms with Crippen molar-refractivity contribution >= 4 is 40.3 Å². The predicted molar refractivity (Wildman–Crippen MR) is 86.3 cm³/mol. The Kier molecular flexibility index (Phi) is 3.93. The van der Waals surface area contributed by atoms with Crippen LogP contribution in [0, 0.1) is 10.1 Å². The molecule has 122 valence electrons. The first-order valence-corrected chi connectivity index (χ1v) is 6.78. The lowest BCUT2D eigenvalue weighted by Crippen LogP contribution is -2.11. The number of methoxy groups -OCH3 is 1. The standard InChI is InChI=1S/C14H12N6O4/c1-24-14(21)19-13-17-10-6-8(7-15-12(10)18-13)16-9-4-2-3-5-11(9)20(22)23/h2-7,16H,1H3,(H2,15,17,18,19,21). The number of ether oxygens (including phenoxy) is 1. The average Bonchev–Trinajstić information content (AvgIpc) is 2.96. The van der Waals surface area contributed by atoms with Crippen molar-refractivity contribution < 1.29 is 14.5 Å². The molecule has 0 saturated heterocycles. The van der Waals surface area contributed by atoms with E-state index in [0.717, 1.165) is 0 Å². The summed E-state index contributed by atoms with van der Waals surface area (Å²) in [7, 11) is 1.24. The van der Waals surface area contributed by atoms with E-state index in [1.807, 2.05) is 0 Å². The SMILES string of the molecule is COC(=O)Nc1nc2ncc(Nc3ccccc3[N+](=O)[O-])cc2[nH]1. The molecule has 2 aromatic heterocycles. The predicted octanol–water partition coefficient (Wildman–Crippen LogP) is 2.79. The summed E-state index contributed by atoms with van der Waals surface area (Å²) in [6.45, 7) is 0. The number of aromatic amines is 1. The zero-order valence-corrected chi connectivity index (χ0v) is 12.4. The molecule has 0 spiro atoms. The number of hydrogen-bond donors (Lipinski definition) is 3. The Morgan fingerprint density at radius 3 is 2.92 bits per heavy atom. The third-order valence-corrected chi connectivity index (χ3v) is 3.12. The fraction of sp³-hybridized carbons (Fsp3) is 0.0714. The second-order valence-corrected chi connectivity index (χ2v) is 4.70. The van der Waals surface area contributed by atoms with Crippen molar-refractivity contribution in [3.8, 4) is 0 Å². The lowest BCUT2D eigenvalue weighted by Gasteiger charge is -2.06. The highest BCUT2D eigenvalue weighted by atomic mass is 16.6. The molecule has 10 heteroatoms. The van der Waals surface area contributed by atoms with E-state index >= 15 is 0 Å². The molecule has 3 N–H and O–H groups in total. The topological polar surface area (TPSA) is 135 Å². The number of amides is 1. The molecule has 10 nitrogen and oxygen atoms in total. The third-order valence-electron chi connectivity index (χ3n) is 3.12.